The Morgan fingerprint density at radius 1 is 1.43 bits per heavy atom. The van der Waals surface area contributed by atoms with Crippen molar-refractivity contribution in [3.05, 3.63) is 34.9 Å². The van der Waals surface area contributed by atoms with Crippen LogP contribution < -0.4 is 16.7 Å². The molecule has 0 heterocycles. The summed E-state index contributed by atoms with van der Waals surface area (Å²) in [4.78, 5) is 0. The number of nitrogens with two attached hydrogens (primary N) is 1. The molecule has 0 atom stereocenters. The van der Waals surface area contributed by atoms with E-state index in [0.717, 1.165) is 5.56 Å². The first-order chi connectivity index (χ1) is 6.72. The van der Waals surface area contributed by atoms with E-state index >= 15 is 0 Å². The van der Waals surface area contributed by atoms with Crippen LogP contribution >= 0.6 is 23.8 Å². The average Bonchev–Trinajstić information content (AvgIpc) is 2.21. The molecule has 1 aromatic rings. The first kappa shape index (κ1) is 10.9. The Labute approximate surface area is 92.1 Å². The summed E-state index contributed by atoms with van der Waals surface area (Å²) in [5, 5.41) is 4.79. The second kappa shape index (κ2) is 5.54. The van der Waals surface area contributed by atoms with E-state index in [1.165, 1.54) is 0 Å². The Morgan fingerprint density at radius 2 is 2.07 bits per heavy atom. The van der Waals surface area contributed by atoms with E-state index in [4.69, 9.17) is 29.7 Å². The quantitative estimate of drug-likeness (QED) is 0.306. The van der Waals surface area contributed by atoms with Gasteiger partial charge in [-0.05, 0) is 29.9 Å². The molecule has 0 unspecified atom stereocenters. The third-order valence-electron chi connectivity index (χ3n) is 1.38. The fraction of sp³-hybridized carbons (Fsp3) is 0. The molecule has 0 aliphatic rings. The number of benzene rings is 1. The van der Waals surface area contributed by atoms with Crippen molar-refractivity contribution in [3.63, 3.8) is 0 Å². The molecule has 74 valence electrons. The maximum atomic E-state index is 5.71. The van der Waals surface area contributed by atoms with Gasteiger partial charge in [0.1, 0.15) is 0 Å². The van der Waals surface area contributed by atoms with E-state index in [1.54, 1.807) is 18.3 Å². The van der Waals surface area contributed by atoms with Crippen LogP contribution in [0.5, 0.6) is 0 Å². The first-order valence-electron chi connectivity index (χ1n) is 3.77. The Morgan fingerprint density at radius 3 is 2.64 bits per heavy atom. The molecule has 1 rings (SSSR count). The maximum Gasteiger partial charge on any atom is 0.201 e. The Balaban J connectivity index is 2.52. The molecule has 0 spiro atoms. The lowest BCUT2D eigenvalue weighted by Crippen LogP contribution is -2.37. The Bertz CT molecular complexity index is 336. The van der Waals surface area contributed by atoms with E-state index in [1.807, 2.05) is 12.1 Å². The summed E-state index contributed by atoms with van der Waals surface area (Å²) in [5.41, 5.74) is 5.69. The average molecular weight is 229 g/mol. The molecular weight excluding hydrogens is 220 g/mol. The number of hydrogen-bond acceptors (Lipinski definition) is 3. The third kappa shape index (κ3) is 3.69. The van der Waals surface area contributed by atoms with Crippen molar-refractivity contribution in [1.29, 1.82) is 0 Å². The first-order valence-corrected chi connectivity index (χ1v) is 4.56. The van der Waals surface area contributed by atoms with Crippen LogP contribution in [0.4, 0.5) is 0 Å². The highest BCUT2D eigenvalue weighted by Gasteiger charge is 1.88. The van der Waals surface area contributed by atoms with Crippen LogP contribution in [0.1, 0.15) is 5.56 Å². The van der Waals surface area contributed by atoms with Gasteiger partial charge in [-0.2, -0.15) is 5.10 Å². The lowest BCUT2D eigenvalue weighted by Gasteiger charge is -1.99. The number of nitrogens with zero attached hydrogens (tertiary/aromatic N) is 1. The molecule has 0 saturated heterocycles. The summed E-state index contributed by atoms with van der Waals surface area (Å²) in [6, 6.07) is 7.24. The van der Waals surface area contributed by atoms with Crippen molar-refractivity contribution in [2.75, 3.05) is 0 Å². The number of thiocarbonyl (C=S) groups is 1. The number of hydrogen-bond donors (Lipinski definition) is 3. The van der Waals surface area contributed by atoms with Crippen molar-refractivity contribution in [2.24, 2.45) is 10.9 Å². The molecule has 0 bridgehead atoms. The second-order valence-electron chi connectivity index (χ2n) is 2.40. The van der Waals surface area contributed by atoms with Crippen molar-refractivity contribution in [2.45, 2.75) is 0 Å². The molecule has 0 fully saturated rings. The molecule has 0 radical (unpaired) electrons. The van der Waals surface area contributed by atoms with Crippen LogP contribution in [-0.4, -0.2) is 11.3 Å². The normalized spacial score (nSPS) is 10.1. The fourth-order valence-electron chi connectivity index (χ4n) is 0.747. The van der Waals surface area contributed by atoms with Gasteiger partial charge < -0.3 is 0 Å². The van der Waals surface area contributed by atoms with Crippen molar-refractivity contribution in [3.8, 4) is 0 Å². The third-order valence-corrected chi connectivity index (χ3v) is 1.84. The van der Waals surface area contributed by atoms with Crippen molar-refractivity contribution in [1.82, 2.24) is 10.9 Å². The predicted octanol–water partition coefficient (Wildman–Crippen LogP) is 1.01. The van der Waals surface area contributed by atoms with Crippen molar-refractivity contribution < 1.29 is 0 Å². The molecule has 0 aliphatic heterocycles. The van der Waals surface area contributed by atoms with Crippen LogP contribution in [0.25, 0.3) is 0 Å². The van der Waals surface area contributed by atoms with Crippen LogP contribution in [-0.2, 0) is 0 Å². The minimum Gasteiger partial charge on any atom is -0.300 e. The predicted molar refractivity (Wildman–Crippen MR) is 62.1 cm³/mol. The van der Waals surface area contributed by atoms with Gasteiger partial charge in [-0.1, -0.05) is 23.7 Å². The van der Waals surface area contributed by atoms with Gasteiger partial charge in [0.25, 0.3) is 0 Å². The van der Waals surface area contributed by atoms with E-state index in [2.05, 4.69) is 16.0 Å². The minimum atomic E-state index is 0.259. The molecule has 0 aliphatic carbocycles. The number of halogens is 1. The summed E-state index contributed by atoms with van der Waals surface area (Å²) < 4.78 is 0. The van der Waals surface area contributed by atoms with Gasteiger partial charge in [-0.3, -0.25) is 10.9 Å². The van der Waals surface area contributed by atoms with Gasteiger partial charge in [-0.25, -0.2) is 5.84 Å². The largest absolute Gasteiger partial charge is 0.300 e. The van der Waals surface area contributed by atoms with Crippen LogP contribution in [0, 0.1) is 0 Å². The summed E-state index contributed by atoms with van der Waals surface area (Å²) in [7, 11) is 0. The lowest BCUT2D eigenvalue weighted by atomic mass is 10.2. The smallest absolute Gasteiger partial charge is 0.201 e. The zero-order valence-corrected chi connectivity index (χ0v) is 8.77. The highest BCUT2D eigenvalue weighted by molar-refractivity contribution is 7.80. The molecule has 4 nitrogen and oxygen atoms in total. The monoisotopic (exact) mass is 228 g/mol. The topological polar surface area (TPSA) is 62.4 Å². The van der Waals surface area contributed by atoms with E-state index in [9.17, 15) is 0 Å². The molecule has 0 saturated carbocycles. The maximum absolute atomic E-state index is 5.71. The summed E-state index contributed by atoms with van der Waals surface area (Å²) in [6.45, 7) is 0. The van der Waals surface area contributed by atoms with Gasteiger partial charge in [-0.15, -0.1) is 0 Å². The Hall–Kier alpha value is -1.17. The summed E-state index contributed by atoms with van der Waals surface area (Å²) in [6.07, 6.45) is 1.61. The highest BCUT2D eigenvalue weighted by atomic mass is 35.5. The van der Waals surface area contributed by atoms with Crippen molar-refractivity contribution >= 4 is 35.1 Å². The zero-order chi connectivity index (χ0) is 10.4. The molecule has 14 heavy (non-hydrogen) atoms. The van der Waals surface area contributed by atoms with E-state index in [-0.39, 0.29) is 5.11 Å². The SMILES string of the molecule is NNC(=S)N/N=C\c1ccc(Cl)cc1. The van der Waals surface area contributed by atoms with Gasteiger partial charge >= 0.3 is 0 Å². The molecule has 0 aromatic heterocycles. The minimum absolute atomic E-state index is 0.259. The summed E-state index contributed by atoms with van der Waals surface area (Å²) >= 11 is 10.4. The standard InChI is InChI=1S/C8H9ClN4S/c9-7-3-1-6(2-4-7)5-11-13-8(14)12-10/h1-5H,10H2,(H2,12,13,14)/b11-5-. The number of hydrazine groups is 1. The van der Waals surface area contributed by atoms with Gasteiger partial charge in [0.15, 0.2) is 0 Å². The number of nitrogens with one attached hydrogen (secondary N) is 2. The van der Waals surface area contributed by atoms with Crippen LogP contribution in [0.15, 0.2) is 29.4 Å². The fourth-order valence-corrected chi connectivity index (χ4v) is 0.925. The zero-order valence-electron chi connectivity index (χ0n) is 7.20. The molecule has 4 N–H and O–H groups in total. The molecule has 1 aromatic carbocycles. The van der Waals surface area contributed by atoms with Gasteiger partial charge in [0, 0.05) is 5.02 Å². The number of hydrazone groups is 1. The molecule has 0 amide bonds. The second-order valence-corrected chi connectivity index (χ2v) is 3.24. The Kier molecular flexibility index (Phi) is 4.31. The van der Waals surface area contributed by atoms with E-state index in [0.29, 0.717) is 5.02 Å². The highest BCUT2D eigenvalue weighted by Crippen LogP contribution is 2.07. The van der Waals surface area contributed by atoms with E-state index < -0.39 is 0 Å². The van der Waals surface area contributed by atoms with Gasteiger partial charge in [0.05, 0.1) is 6.21 Å². The number of rotatable bonds is 2. The van der Waals surface area contributed by atoms with Crippen LogP contribution in [0.2, 0.25) is 5.02 Å². The molecule has 6 heteroatoms. The molecular formula is C8H9ClN4S. The lowest BCUT2D eigenvalue weighted by molar-refractivity contribution is 0.930. The van der Waals surface area contributed by atoms with Crippen LogP contribution in [0.3, 0.4) is 0 Å². The van der Waals surface area contributed by atoms with Gasteiger partial charge in [0.2, 0.25) is 5.11 Å². The summed E-state index contributed by atoms with van der Waals surface area (Å²) in [5.74, 6) is 5.03.